The Hall–Kier alpha value is 0.120. The summed E-state index contributed by atoms with van der Waals surface area (Å²) in [7, 11) is -4.26. The molecule has 60 valence electrons. The molecule has 0 aromatic carbocycles. The molecule has 1 saturated heterocycles. The highest BCUT2D eigenvalue weighted by Crippen LogP contribution is 2.16. The van der Waals surface area contributed by atoms with Crippen LogP contribution in [0.1, 0.15) is 0 Å². The lowest BCUT2D eigenvalue weighted by atomic mass is 10.7. The lowest BCUT2D eigenvalue weighted by molar-refractivity contribution is 0.439. The van der Waals surface area contributed by atoms with E-state index in [0.29, 0.717) is 13.1 Å². The van der Waals surface area contributed by atoms with E-state index >= 15 is 0 Å². The highest BCUT2D eigenvalue weighted by molar-refractivity contribution is 7.88. The van der Waals surface area contributed by atoms with Gasteiger partial charge in [0, 0.05) is 13.1 Å². The van der Waals surface area contributed by atoms with Crippen molar-refractivity contribution in [3.05, 3.63) is 0 Å². The second kappa shape index (κ2) is 2.31. The van der Waals surface area contributed by atoms with Gasteiger partial charge in [-0.25, -0.2) is 0 Å². The molecule has 7 heteroatoms. The molecule has 0 bridgehead atoms. The van der Waals surface area contributed by atoms with Gasteiger partial charge < -0.3 is 0 Å². The van der Waals surface area contributed by atoms with Crippen LogP contribution in [0.2, 0.25) is 0 Å². The number of hydrogen-bond donors (Lipinski definition) is 3. The normalized spacial score (nSPS) is 25.0. The van der Waals surface area contributed by atoms with Gasteiger partial charge in [-0.3, -0.25) is 15.2 Å². The minimum Gasteiger partial charge on any atom is -0.282 e. The SMILES string of the molecule is O=S(=O)(O)C1(Cl)NCCN1. The highest BCUT2D eigenvalue weighted by Gasteiger charge is 2.43. The molecule has 3 N–H and O–H groups in total. The quantitative estimate of drug-likeness (QED) is 0.276. The van der Waals surface area contributed by atoms with Crippen molar-refractivity contribution in [2.24, 2.45) is 0 Å². The fraction of sp³-hybridized carbons (Fsp3) is 1.00. The van der Waals surface area contributed by atoms with E-state index in [-0.39, 0.29) is 0 Å². The van der Waals surface area contributed by atoms with E-state index in [1.807, 2.05) is 0 Å². The van der Waals surface area contributed by atoms with E-state index in [1.54, 1.807) is 0 Å². The van der Waals surface area contributed by atoms with Crippen LogP contribution in [0.25, 0.3) is 0 Å². The molecule has 1 aliphatic rings. The molecule has 0 aliphatic carbocycles. The summed E-state index contributed by atoms with van der Waals surface area (Å²) in [5, 5.41) is 4.78. The number of halogens is 1. The predicted molar refractivity (Wildman–Crippen MR) is 36.1 cm³/mol. The first kappa shape index (κ1) is 8.22. The third-order valence-corrected chi connectivity index (χ3v) is 3.04. The smallest absolute Gasteiger partial charge is 0.282 e. The van der Waals surface area contributed by atoms with Crippen LogP contribution in [0.5, 0.6) is 0 Å². The fourth-order valence-electron chi connectivity index (χ4n) is 0.691. The summed E-state index contributed by atoms with van der Waals surface area (Å²) in [6, 6.07) is 0. The topological polar surface area (TPSA) is 78.4 Å². The van der Waals surface area contributed by atoms with Crippen molar-refractivity contribution >= 4 is 21.7 Å². The van der Waals surface area contributed by atoms with Crippen LogP contribution >= 0.6 is 11.6 Å². The average molecular weight is 187 g/mol. The molecule has 0 aromatic heterocycles. The van der Waals surface area contributed by atoms with E-state index in [4.69, 9.17) is 16.2 Å². The first-order chi connectivity index (χ1) is 4.46. The molecule has 0 radical (unpaired) electrons. The van der Waals surface area contributed by atoms with Gasteiger partial charge in [0.15, 0.2) is 0 Å². The first-order valence-electron chi connectivity index (χ1n) is 2.62. The number of hydrogen-bond acceptors (Lipinski definition) is 4. The Morgan fingerprint density at radius 2 is 1.80 bits per heavy atom. The van der Waals surface area contributed by atoms with Gasteiger partial charge in [0.1, 0.15) is 0 Å². The van der Waals surface area contributed by atoms with Gasteiger partial charge in [0.2, 0.25) is 0 Å². The second-order valence-electron chi connectivity index (χ2n) is 1.92. The lowest BCUT2D eigenvalue weighted by Gasteiger charge is -2.16. The number of alkyl halides is 1. The molecule has 0 saturated carbocycles. The van der Waals surface area contributed by atoms with Crippen LogP contribution in [-0.2, 0) is 10.1 Å². The minimum atomic E-state index is -4.26. The molecule has 1 fully saturated rings. The summed E-state index contributed by atoms with van der Waals surface area (Å²) in [4.78, 5) is 0. The summed E-state index contributed by atoms with van der Waals surface area (Å²) in [6.45, 7) is 0.840. The van der Waals surface area contributed by atoms with Gasteiger partial charge in [0.25, 0.3) is 4.45 Å². The van der Waals surface area contributed by atoms with E-state index in [2.05, 4.69) is 10.6 Å². The van der Waals surface area contributed by atoms with Crippen LogP contribution in [0.3, 0.4) is 0 Å². The van der Waals surface area contributed by atoms with Crippen LogP contribution in [0.4, 0.5) is 0 Å². The summed E-state index contributed by atoms with van der Waals surface area (Å²) in [5.41, 5.74) is 0. The van der Waals surface area contributed by atoms with Crippen LogP contribution in [0.15, 0.2) is 0 Å². The summed E-state index contributed by atoms with van der Waals surface area (Å²) >= 11 is 5.39. The number of rotatable bonds is 1. The van der Waals surface area contributed by atoms with Gasteiger partial charge in [-0.1, -0.05) is 11.6 Å². The van der Waals surface area contributed by atoms with Crippen LogP contribution < -0.4 is 10.6 Å². The maximum atomic E-state index is 10.5. The zero-order valence-corrected chi connectivity index (χ0v) is 6.54. The summed E-state index contributed by atoms with van der Waals surface area (Å²) in [5.74, 6) is 0. The second-order valence-corrected chi connectivity index (χ2v) is 4.28. The Labute approximate surface area is 63.5 Å². The van der Waals surface area contributed by atoms with Gasteiger partial charge >= 0.3 is 10.1 Å². The molecule has 0 atom stereocenters. The molecule has 0 aromatic rings. The Morgan fingerprint density at radius 3 is 2.00 bits per heavy atom. The van der Waals surface area contributed by atoms with Crippen molar-refractivity contribution in [1.82, 2.24) is 10.6 Å². The summed E-state index contributed by atoms with van der Waals surface area (Å²) in [6.07, 6.45) is 0. The molecule has 1 heterocycles. The molecule has 0 unspecified atom stereocenters. The number of nitrogens with one attached hydrogen (secondary N) is 2. The minimum absolute atomic E-state index is 0.420. The van der Waals surface area contributed by atoms with Gasteiger partial charge in [-0.05, 0) is 0 Å². The maximum absolute atomic E-state index is 10.5. The van der Waals surface area contributed by atoms with Crippen molar-refractivity contribution in [3.8, 4) is 0 Å². The zero-order chi connectivity index (χ0) is 7.83. The largest absolute Gasteiger partial charge is 0.313 e. The zero-order valence-electron chi connectivity index (χ0n) is 4.96. The van der Waals surface area contributed by atoms with Crippen molar-refractivity contribution in [3.63, 3.8) is 0 Å². The highest BCUT2D eigenvalue weighted by atomic mass is 35.5. The third-order valence-electron chi connectivity index (χ3n) is 1.19. The standard InChI is InChI=1S/C3H7ClN2O3S/c4-3(10(7,8)9)5-1-2-6-3/h5-6H,1-2H2,(H,7,8,9). The molecular formula is C3H7ClN2O3S. The molecule has 1 rings (SSSR count). The van der Waals surface area contributed by atoms with Gasteiger partial charge in [-0.2, -0.15) is 8.42 Å². The van der Waals surface area contributed by atoms with E-state index < -0.39 is 14.6 Å². The first-order valence-corrected chi connectivity index (χ1v) is 4.43. The molecule has 1 aliphatic heterocycles. The molecule has 5 nitrogen and oxygen atoms in total. The van der Waals surface area contributed by atoms with Crippen LogP contribution in [0, 0.1) is 0 Å². The fourth-order valence-corrected chi connectivity index (χ4v) is 1.45. The summed E-state index contributed by atoms with van der Waals surface area (Å²) < 4.78 is 27.5. The Kier molecular flexibility index (Phi) is 1.90. The van der Waals surface area contributed by atoms with E-state index in [9.17, 15) is 8.42 Å². The monoisotopic (exact) mass is 186 g/mol. The molecule has 10 heavy (non-hydrogen) atoms. The van der Waals surface area contributed by atoms with Crippen LogP contribution in [-0.4, -0.2) is 30.5 Å². The van der Waals surface area contributed by atoms with Gasteiger partial charge in [-0.15, -0.1) is 0 Å². The molecular weight excluding hydrogens is 180 g/mol. The average Bonchev–Trinajstić information content (AvgIpc) is 2.13. The Bertz CT molecular complexity index is 220. The Balaban J connectivity index is 2.88. The predicted octanol–water partition coefficient (Wildman–Crippen LogP) is -1.08. The van der Waals surface area contributed by atoms with E-state index in [0.717, 1.165) is 0 Å². The maximum Gasteiger partial charge on any atom is 0.313 e. The Morgan fingerprint density at radius 1 is 1.40 bits per heavy atom. The van der Waals surface area contributed by atoms with Crippen molar-refractivity contribution in [2.45, 2.75) is 4.45 Å². The molecule has 0 amide bonds. The van der Waals surface area contributed by atoms with Crippen molar-refractivity contribution < 1.29 is 13.0 Å². The third kappa shape index (κ3) is 1.25. The van der Waals surface area contributed by atoms with E-state index in [1.165, 1.54) is 0 Å². The lowest BCUT2D eigenvalue weighted by Crippen LogP contribution is -2.50. The van der Waals surface area contributed by atoms with Crippen molar-refractivity contribution in [2.75, 3.05) is 13.1 Å². The molecule has 0 spiro atoms. The van der Waals surface area contributed by atoms with Crippen molar-refractivity contribution in [1.29, 1.82) is 0 Å². The van der Waals surface area contributed by atoms with Gasteiger partial charge in [0.05, 0.1) is 0 Å².